The van der Waals surface area contributed by atoms with Crippen molar-refractivity contribution in [2.24, 2.45) is 12.0 Å². The van der Waals surface area contributed by atoms with Crippen LogP contribution in [0, 0.1) is 0 Å². The SMILES string of the molecule is CN1CCN=C1c1ccccc1-c1cnn(C)c1N. The van der Waals surface area contributed by atoms with Gasteiger partial charge >= 0.3 is 0 Å². The van der Waals surface area contributed by atoms with Gasteiger partial charge in [0.25, 0.3) is 0 Å². The highest BCUT2D eigenvalue weighted by atomic mass is 15.3. The van der Waals surface area contributed by atoms with Gasteiger partial charge in [0.05, 0.1) is 12.7 Å². The second kappa shape index (κ2) is 4.42. The lowest BCUT2D eigenvalue weighted by Crippen LogP contribution is -2.24. The van der Waals surface area contributed by atoms with E-state index >= 15 is 0 Å². The molecule has 0 spiro atoms. The normalized spacial score (nSPS) is 14.8. The molecule has 5 heteroatoms. The summed E-state index contributed by atoms with van der Waals surface area (Å²) in [6.45, 7) is 1.81. The Morgan fingerprint density at radius 3 is 2.42 bits per heavy atom. The number of anilines is 1. The number of aliphatic imine (C=N–C) groups is 1. The average Bonchev–Trinajstić information content (AvgIpc) is 2.98. The van der Waals surface area contributed by atoms with Crippen LogP contribution in [0.25, 0.3) is 11.1 Å². The van der Waals surface area contributed by atoms with Crippen molar-refractivity contribution >= 4 is 11.7 Å². The summed E-state index contributed by atoms with van der Waals surface area (Å²) in [5, 5.41) is 4.22. The highest BCUT2D eigenvalue weighted by Gasteiger charge is 2.19. The van der Waals surface area contributed by atoms with Crippen molar-refractivity contribution in [3.8, 4) is 11.1 Å². The molecule has 2 aromatic rings. The number of nitrogens with two attached hydrogens (primary N) is 1. The van der Waals surface area contributed by atoms with Crippen molar-refractivity contribution in [2.75, 3.05) is 25.9 Å². The van der Waals surface area contributed by atoms with Gasteiger partial charge in [0.1, 0.15) is 11.7 Å². The molecule has 19 heavy (non-hydrogen) atoms. The lowest BCUT2D eigenvalue weighted by Gasteiger charge is -2.16. The molecular formula is C14H17N5. The van der Waals surface area contributed by atoms with Gasteiger partial charge in [-0.05, 0) is 5.56 Å². The fraction of sp³-hybridized carbons (Fsp3) is 0.286. The Morgan fingerprint density at radius 2 is 1.84 bits per heavy atom. The fourth-order valence-electron chi connectivity index (χ4n) is 2.39. The van der Waals surface area contributed by atoms with Gasteiger partial charge in [0, 0.05) is 31.8 Å². The van der Waals surface area contributed by atoms with E-state index in [1.807, 2.05) is 25.4 Å². The van der Waals surface area contributed by atoms with E-state index < -0.39 is 0 Å². The highest BCUT2D eigenvalue weighted by Crippen LogP contribution is 2.29. The first-order valence-electron chi connectivity index (χ1n) is 6.31. The Morgan fingerprint density at radius 1 is 1.11 bits per heavy atom. The van der Waals surface area contributed by atoms with E-state index in [1.165, 1.54) is 0 Å². The van der Waals surface area contributed by atoms with Crippen molar-refractivity contribution in [1.29, 1.82) is 0 Å². The van der Waals surface area contributed by atoms with Gasteiger partial charge in [-0.15, -0.1) is 0 Å². The highest BCUT2D eigenvalue weighted by molar-refractivity contribution is 6.05. The van der Waals surface area contributed by atoms with Crippen molar-refractivity contribution in [3.63, 3.8) is 0 Å². The molecule has 0 radical (unpaired) electrons. The van der Waals surface area contributed by atoms with Crippen LogP contribution in [-0.2, 0) is 7.05 Å². The molecule has 0 amide bonds. The fourth-order valence-corrected chi connectivity index (χ4v) is 2.39. The van der Waals surface area contributed by atoms with Gasteiger partial charge in [-0.25, -0.2) is 0 Å². The Balaban J connectivity index is 2.15. The number of aromatic nitrogens is 2. The summed E-state index contributed by atoms with van der Waals surface area (Å²) >= 11 is 0. The van der Waals surface area contributed by atoms with E-state index in [9.17, 15) is 0 Å². The number of aryl methyl sites for hydroxylation is 1. The number of nitrogen functional groups attached to an aromatic ring is 1. The maximum absolute atomic E-state index is 6.08. The van der Waals surface area contributed by atoms with E-state index in [0.29, 0.717) is 5.82 Å². The minimum Gasteiger partial charge on any atom is -0.383 e. The van der Waals surface area contributed by atoms with Crippen LogP contribution in [0.3, 0.4) is 0 Å². The van der Waals surface area contributed by atoms with Crippen LogP contribution < -0.4 is 5.73 Å². The topological polar surface area (TPSA) is 59.4 Å². The van der Waals surface area contributed by atoms with Gasteiger partial charge in [-0.1, -0.05) is 24.3 Å². The van der Waals surface area contributed by atoms with Crippen LogP contribution in [0.4, 0.5) is 5.82 Å². The molecule has 2 heterocycles. The van der Waals surface area contributed by atoms with Gasteiger partial charge in [0.2, 0.25) is 0 Å². The van der Waals surface area contributed by atoms with E-state index in [2.05, 4.69) is 34.2 Å². The molecule has 0 saturated heterocycles. The van der Waals surface area contributed by atoms with Crippen LogP contribution in [0.1, 0.15) is 5.56 Å². The zero-order valence-corrected chi connectivity index (χ0v) is 11.2. The summed E-state index contributed by atoms with van der Waals surface area (Å²) in [5.41, 5.74) is 9.24. The van der Waals surface area contributed by atoms with Crippen LogP contribution >= 0.6 is 0 Å². The second-order valence-electron chi connectivity index (χ2n) is 4.74. The summed E-state index contributed by atoms with van der Waals surface area (Å²) < 4.78 is 1.69. The van der Waals surface area contributed by atoms with Crippen molar-refractivity contribution in [2.45, 2.75) is 0 Å². The molecule has 1 aliphatic rings. The van der Waals surface area contributed by atoms with Crippen LogP contribution in [0.2, 0.25) is 0 Å². The predicted octanol–water partition coefficient (Wildman–Crippen LogP) is 1.36. The maximum Gasteiger partial charge on any atom is 0.131 e. The number of hydrogen-bond donors (Lipinski definition) is 1. The summed E-state index contributed by atoms with van der Waals surface area (Å²) in [6.07, 6.45) is 1.81. The molecule has 3 rings (SSSR count). The first-order valence-corrected chi connectivity index (χ1v) is 6.31. The molecule has 0 unspecified atom stereocenters. The number of nitrogens with zero attached hydrogens (tertiary/aromatic N) is 4. The molecule has 1 aromatic heterocycles. The Hall–Kier alpha value is -2.30. The average molecular weight is 255 g/mol. The molecular weight excluding hydrogens is 238 g/mol. The number of rotatable bonds is 2. The Labute approximate surface area is 112 Å². The minimum absolute atomic E-state index is 0.675. The third-order valence-corrected chi connectivity index (χ3v) is 3.50. The number of likely N-dealkylation sites (N-methyl/N-ethyl adjacent to an activating group) is 1. The van der Waals surface area contributed by atoms with Crippen LogP contribution in [0.15, 0.2) is 35.5 Å². The summed E-state index contributed by atoms with van der Waals surface area (Å²) in [5.74, 6) is 1.70. The summed E-state index contributed by atoms with van der Waals surface area (Å²) in [4.78, 5) is 6.76. The quantitative estimate of drug-likeness (QED) is 0.881. The third kappa shape index (κ3) is 1.87. The molecule has 0 saturated carbocycles. The predicted molar refractivity (Wildman–Crippen MR) is 77.1 cm³/mol. The maximum atomic E-state index is 6.08. The number of amidine groups is 1. The van der Waals surface area contributed by atoms with Gasteiger partial charge < -0.3 is 10.6 Å². The molecule has 98 valence electrons. The van der Waals surface area contributed by atoms with Crippen LogP contribution in [-0.4, -0.2) is 40.7 Å². The third-order valence-electron chi connectivity index (χ3n) is 3.50. The van der Waals surface area contributed by atoms with Crippen molar-refractivity contribution < 1.29 is 0 Å². The largest absolute Gasteiger partial charge is 0.383 e. The molecule has 1 aromatic carbocycles. The standard InChI is InChI=1S/C14H17N5/c1-18-8-7-16-14(18)11-6-4-3-5-10(11)12-9-17-19(2)13(12)15/h3-6,9H,7-8,15H2,1-2H3. The lowest BCUT2D eigenvalue weighted by molar-refractivity contribution is 0.557. The zero-order chi connectivity index (χ0) is 13.4. The van der Waals surface area contributed by atoms with Gasteiger partial charge in [0.15, 0.2) is 0 Å². The van der Waals surface area contributed by atoms with Crippen molar-refractivity contribution in [1.82, 2.24) is 14.7 Å². The van der Waals surface area contributed by atoms with Gasteiger partial charge in [-0.2, -0.15) is 5.10 Å². The Kier molecular flexibility index (Phi) is 2.74. The molecule has 0 bridgehead atoms. The molecule has 0 atom stereocenters. The van der Waals surface area contributed by atoms with Crippen LogP contribution in [0.5, 0.6) is 0 Å². The summed E-state index contributed by atoms with van der Waals surface area (Å²) in [7, 11) is 3.91. The molecule has 0 fully saturated rings. The monoisotopic (exact) mass is 255 g/mol. The molecule has 5 nitrogen and oxygen atoms in total. The molecule has 1 aliphatic heterocycles. The number of benzene rings is 1. The van der Waals surface area contributed by atoms with E-state index in [4.69, 9.17) is 5.73 Å². The Bertz CT molecular complexity index is 641. The smallest absolute Gasteiger partial charge is 0.131 e. The van der Waals surface area contributed by atoms with E-state index in [0.717, 1.165) is 35.6 Å². The zero-order valence-electron chi connectivity index (χ0n) is 11.2. The summed E-state index contributed by atoms with van der Waals surface area (Å²) in [6, 6.07) is 8.20. The molecule has 0 aliphatic carbocycles. The first kappa shape index (κ1) is 11.8. The van der Waals surface area contributed by atoms with Crippen molar-refractivity contribution in [3.05, 3.63) is 36.0 Å². The van der Waals surface area contributed by atoms with Gasteiger partial charge in [-0.3, -0.25) is 9.67 Å². The minimum atomic E-state index is 0.675. The lowest BCUT2D eigenvalue weighted by atomic mass is 10.0. The molecule has 2 N–H and O–H groups in total. The second-order valence-corrected chi connectivity index (χ2v) is 4.74. The first-order chi connectivity index (χ1) is 9.18. The van der Waals surface area contributed by atoms with E-state index in [-0.39, 0.29) is 0 Å². The number of hydrogen-bond acceptors (Lipinski definition) is 4. The van der Waals surface area contributed by atoms with E-state index in [1.54, 1.807) is 4.68 Å².